The first-order valence-corrected chi connectivity index (χ1v) is 5.72. The van der Waals surface area contributed by atoms with Gasteiger partial charge in [0.15, 0.2) is 0 Å². The molecule has 1 aromatic rings. The molecule has 0 radical (unpaired) electrons. The second-order valence-electron chi connectivity index (χ2n) is 2.85. The van der Waals surface area contributed by atoms with Gasteiger partial charge in [0.25, 0.3) is 10.1 Å². The summed E-state index contributed by atoms with van der Waals surface area (Å²) in [5.41, 5.74) is 6.75. The van der Waals surface area contributed by atoms with E-state index in [2.05, 4.69) is 10.2 Å². The van der Waals surface area contributed by atoms with Crippen LogP contribution in [0.5, 0.6) is 0 Å². The Kier molecular flexibility index (Phi) is 4.15. The Bertz CT molecular complexity index is 552. The van der Waals surface area contributed by atoms with E-state index in [1.807, 2.05) is 0 Å². The van der Waals surface area contributed by atoms with Crippen molar-refractivity contribution in [1.82, 2.24) is 5.48 Å². The van der Waals surface area contributed by atoms with Crippen LogP contribution in [0.3, 0.4) is 0 Å². The summed E-state index contributed by atoms with van der Waals surface area (Å²) in [6.45, 7) is 0. The van der Waals surface area contributed by atoms with E-state index in [0.29, 0.717) is 0 Å². The fourth-order valence-electron chi connectivity index (χ4n) is 0.998. The van der Waals surface area contributed by atoms with Crippen LogP contribution in [0.15, 0.2) is 39.4 Å². The molecular formula is C8H10N4O4S. The highest BCUT2D eigenvalue weighted by Crippen LogP contribution is 2.12. The summed E-state index contributed by atoms with van der Waals surface area (Å²) in [4.78, 5) is -0.297. The van der Waals surface area contributed by atoms with Crippen LogP contribution in [0.1, 0.15) is 5.56 Å². The average Bonchev–Trinajstić information content (AvgIpc) is 2.28. The van der Waals surface area contributed by atoms with Crippen LogP contribution in [0.4, 0.5) is 0 Å². The summed E-state index contributed by atoms with van der Waals surface area (Å²) in [7, 11) is -4.33. The molecule has 8 nitrogen and oxygen atoms in total. The van der Waals surface area contributed by atoms with Crippen molar-refractivity contribution in [2.45, 2.75) is 4.90 Å². The van der Waals surface area contributed by atoms with E-state index < -0.39 is 10.1 Å². The molecule has 9 heteroatoms. The van der Waals surface area contributed by atoms with Gasteiger partial charge in [-0.15, -0.1) is 5.10 Å². The molecule has 17 heavy (non-hydrogen) atoms. The Morgan fingerprint density at radius 2 is 2.06 bits per heavy atom. The lowest BCUT2D eigenvalue weighted by atomic mass is 10.2. The van der Waals surface area contributed by atoms with Crippen molar-refractivity contribution in [3.8, 4) is 0 Å². The predicted molar refractivity (Wildman–Crippen MR) is 60.4 cm³/mol. The Balaban J connectivity index is 3.08. The third kappa shape index (κ3) is 3.83. The van der Waals surface area contributed by atoms with Gasteiger partial charge in [0.05, 0.1) is 6.21 Å². The van der Waals surface area contributed by atoms with Gasteiger partial charge in [-0.1, -0.05) is 18.2 Å². The minimum Gasteiger partial charge on any atom is -0.367 e. The van der Waals surface area contributed by atoms with Crippen molar-refractivity contribution in [3.63, 3.8) is 0 Å². The van der Waals surface area contributed by atoms with Crippen molar-refractivity contribution in [2.75, 3.05) is 0 Å². The number of hydrogen-bond acceptors (Lipinski definition) is 5. The summed E-state index contributed by atoms with van der Waals surface area (Å²) in [6, 6.07) is 5.65. The van der Waals surface area contributed by atoms with E-state index in [4.69, 9.17) is 15.5 Å². The van der Waals surface area contributed by atoms with Gasteiger partial charge in [-0.2, -0.15) is 13.5 Å². The molecular weight excluding hydrogens is 248 g/mol. The van der Waals surface area contributed by atoms with E-state index in [1.54, 1.807) is 11.5 Å². The second-order valence-corrected chi connectivity index (χ2v) is 4.24. The SMILES string of the molecule is N/C(=N\N=C\c1ccccc1S(=O)(=O)O)NO. The quantitative estimate of drug-likeness (QED) is 0.251. The molecule has 0 spiro atoms. The molecule has 0 heterocycles. The Morgan fingerprint density at radius 1 is 1.41 bits per heavy atom. The number of benzene rings is 1. The minimum absolute atomic E-state index is 0.143. The molecule has 0 aliphatic heterocycles. The molecule has 0 bridgehead atoms. The summed E-state index contributed by atoms with van der Waals surface area (Å²) >= 11 is 0. The number of rotatable bonds is 3. The maximum absolute atomic E-state index is 11.0. The van der Waals surface area contributed by atoms with E-state index in [-0.39, 0.29) is 16.4 Å². The fraction of sp³-hybridized carbons (Fsp3) is 0. The van der Waals surface area contributed by atoms with E-state index in [1.165, 1.54) is 18.2 Å². The van der Waals surface area contributed by atoms with Crippen molar-refractivity contribution < 1.29 is 18.2 Å². The van der Waals surface area contributed by atoms with Crippen LogP contribution < -0.4 is 11.2 Å². The van der Waals surface area contributed by atoms with Crippen LogP contribution in [-0.2, 0) is 10.1 Å². The van der Waals surface area contributed by atoms with Crippen LogP contribution >= 0.6 is 0 Å². The van der Waals surface area contributed by atoms with E-state index in [9.17, 15) is 8.42 Å². The summed E-state index contributed by atoms with van der Waals surface area (Å²) in [5, 5.41) is 15.0. The monoisotopic (exact) mass is 258 g/mol. The lowest BCUT2D eigenvalue weighted by molar-refractivity contribution is 0.232. The van der Waals surface area contributed by atoms with Crippen LogP contribution in [0.2, 0.25) is 0 Å². The Hall–Kier alpha value is -1.97. The first kappa shape index (κ1) is 13.1. The third-order valence-electron chi connectivity index (χ3n) is 1.67. The highest BCUT2D eigenvalue weighted by molar-refractivity contribution is 7.86. The Labute approximate surface area is 97.2 Å². The molecule has 1 rings (SSSR count). The van der Waals surface area contributed by atoms with Gasteiger partial charge in [-0.05, 0) is 6.07 Å². The number of nitrogens with two attached hydrogens (primary N) is 1. The summed E-state index contributed by atoms with van der Waals surface area (Å²) < 4.78 is 30.9. The highest BCUT2D eigenvalue weighted by Gasteiger charge is 2.12. The molecule has 0 atom stereocenters. The molecule has 0 aliphatic carbocycles. The standard InChI is InChI=1S/C8H10N4O4S/c9-8(12-13)11-10-5-6-3-1-2-4-7(6)17(14,15)16/h1-5,13H,(H3,9,11,12)(H,14,15,16)/b10-5+. The lowest BCUT2D eigenvalue weighted by Gasteiger charge is -2.00. The van der Waals surface area contributed by atoms with Gasteiger partial charge in [0, 0.05) is 5.56 Å². The Morgan fingerprint density at radius 3 is 2.65 bits per heavy atom. The predicted octanol–water partition coefficient (Wildman–Crippen LogP) is -0.439. The number of hydrogen-bond donors (Lipinski definition) is 4. The van der Waals surface area contributed by atoms with E-state index in [0.717, 1.165) is 6.21 Å². The van der Waals surface area contributed by atoms with Crippen LogP contribution in [0, 0.1) is 0 Å². The van der Waals surface area contributed by atoms with Gasteiger partial charge in [-0.3, -0.25) is 9.76 Å². The molecule has 0 aliphatic rings. The molecule has 0 unspecified atom stereocenters. The molecule has 0 aromatic heterocycles. The van der Waals surface area contributed by atoms with Gasteiger partial charge < -0.3 is 5.73 Å². The maximum Gasteiger partial charge on any atom is 0.295 e. The number of nitrogens with zero attached hydrogens (tertiary/aromatic N) is 2. The van der Waals surface area contributed by atoms with E-state index >= 15 is 0 Å². The van der Waals surface area contributed by atoms with Gasteiger partial charge >= 0.3 is 0 Å². The van der Waals surface area contributed by atoms with Gasteiger partial charge in [0.1, 0.15) is 4.90 Å². The minimum atomic E-state index is -4.33. The molecule has 92 valence electrons. The molecule has 0 saturated carbocycles. The number of guanidine groups is 1. The first-order chi connectivity index (χ1) is 7.95. The van der Waals surface area contributed by atoms with Gasteiger partial charge in [0.2, 0.25) is 5.96 Å². The average molecular weight is 258 g/mol. The molecule has 0 saturated heterocycles. The zero-order valence-corrected chi connectivity index (χ0v) is 9.29. The van der Waals surface area contributed by atoms with Crippen LogP contribution in [-0.4, -0.2) is 30.4 Å². The number of hydroxylamine groups is 1. The summed E-state index contributed by atoms with van der Waals surface area (Å²) in [6.07, 6.45) is 1.08. The number of nitrogens with one attached hydrogen (secondary N) is 1. The van der Waals surface area contributed by atoms with Crippen molar-refractivity contribution in [3.05, 3.63) is 29.8 Å². The molecule has 0 amide bonds. The molecule has 0 fully saturated rings. The normalized spacial score (nSPS) is 12.9. The molecule has 1 aromatic carbocycles. The largest absolute Gasteiger partial charge is 0.367 e. The zero-order chi connectivity index (χ0) is 12.9. The van der Waals surface area contributed by atoms with Crippen molar-refractivity contribution in [1.29, 1.82) is 0 Å². The summed E-state index contributed by atoms with van der Waals surface area (Å²) in [5.74, 6) is -0.356. The van der Waals surface area contributed by atoms with Crippen LogP contribution in [0.25, 0.3) is 0 Å². The fourth-order valence-corrected chi connectivity index (χ4v) is 1.67. The van der Waals surface area contributed by atoms with Gasteiger partial charge in [-0.25, -0.2) is 5.48 Å². The first-order valence-electron chi connectivity index (χ1n) is 4.28. The smallest absolute Gasteiger partial charge is 0.295 e. The molecule has 5 N–H and O–H groups in total. The topological polar surface area (TPSA) is 137 Å². The lowest BCUT2D eigenvalue weighted by Crippen LogP contribution is -2.27. The third-order valence-corrected chi connectivity index (χ3v) is 2.60. The van der Waals surface area contributed by atoms with Crippen molar-refractivity contribution in [2.24, 2.45) is 15.9 Å². The van der Waals surface area contributed by atoms with Crippen molar-refractivity contribution >= 4 is 22.3 Å². The second kappa shape index (κ2) is 5.39. The maximum atomic E-state index is 11.0. The highest BCUT2D eigenvalue weighted by atomic mass is 32.2. The zero-order valence-electron chi connectivity index (χ0n) is 8.48.